The Morgan fingerprint density at radius 3 is 2.58 bits per heavy atom. The van der Waals surface area contributed by atoms with E-state index in [1.165, 1.54) is 5.56 Å². The number of nitrogens with zero attached hydrogens (tertiary/aromatic N) is 1. The minimum absolute atomic E-state index is 0.111. The summed E-state index contributed by atoms with van der Waals surface area (Å²) in [6, 6.07) is 9.99. The van der Waals surface area contributed by atoms with Crippen LogP contribution in [0.25, 0.3) is 0 Å². The highest BCUT2D eigenvalue weighted by atomic mass is 32.1. The van der Waals surface area contributed by atoms with E-state index in [-0.39, 0.29) is 5.91 Å². The minimum atomic E-state index is 0.111. The third kappa shape index (κ3) is 6.15. The molecule has 1 aromatic rings. The van der Waals surface area contributed by atoms with Gasteiger partial charge in [0.1, 0.15) is 0 Å². The van der Waals surface area contributed by atoms with Crippen molar-refractivity contribution < 1.29 is 4.79 Å². The van der Waals surface area contributed by atoms with E-state index in [9.17, 15) is 4.79 Å². The predicted octanol–water partition coefficient (Wildman–Crippen LogP) is 2.31. The van der Waals surface area contributed by atoms with E-state index in [0.29, 0.717) is 30.9 Å². The third-order valence-electron chi connectivity index (χ3n) is 2.80. The summed E-state index contributed by atoms with van der Waals surface area (Å²) in [5, 5.41) is 0. The molecule has 4 heteroatoms. The number of carbonyl (C=O) groups is 1. The molecule has 1 amide bonds. The molecule has 0 saturated heterocycles. The average molecular weight is 276 g/mol. The molecule has 0 aromatic heterocycles. The van der Waals surface area contributed by atoms with Crippen LogP contribution in [0.2, 0.25) is 0 Å². The predicted molar refractivity (Wildman–Crippen MR) is 82.9 cm³/mol. The van der Waals surface area contributed by atoms with Crippen molar-refractivity contribution in [3.8, 4) is 0 Å². The molecule has 0 atom stereocenters. The fourth-order valence-corrected chi connectivity index (χ4v) is 1.86. The number of carbonyl (C=O) groups excluding carboxylic acids is 1. The van der Waals surface area contributed by atoms with Crippen molar-refractivity contribution in [2.75, 3.05) is 13.1 Å². The lowest BCUT2D eigenvalue weighted by Crippen LogP contribution is -2.34. The molecule has 0 radical (unpaired) electrons. The lowest BCUT2D eigenvalue weighted by Gasteiger charge is -2.20. The molecule has 1 aromatic carbocycles. The molecule has 0 fully saturated rings. The Balaban J connectivity index is 2.47. The van der Waals surface area contributed by atoms with Gasteiger partial charge in [-0.2, -0.15) is 0 Å². The summed E-state index contributed by atoms with van der Waals surface area (Å²) in [6.07, 6.45) is 3.52. The van der Waals surface area contributed by atoms with Crippen LogP contribution < -0.4 is 5.73 Å². The number of thiocarbonyl (C=S) groups is 1. The molecule has 0 aliphatic rings. The molecule has 1 rings (SSSR count). The SMILES string of the molecule is C=CCN(CCC(N)=S)C(=O)CCc1ccccc1. The average Bonchev–Trinajstić information content (AvgIpc) is 2.41. The molecule has 0 unspecified atom stereocenters. The van der Waals surface area contributed by atoms with Gasteiger partial charge in [0.25, 0.3) is 0 Å². The molecule has 19 heavy (non-hydrogen) atoms. The van der Waals surface area contributed by atoms with Crippen LogP contribution >= 0.6 is 12.2 Å². The smallest absolute Gasteiger partial charge is 0.223 e. The third-order valence-corrected chi connectivity index (χ3v) is 3.00. The van der Waals surface area contributed by atoms with Crippen LogP contribution in [0.1, 0.15) is 18.4 Å². The number of nitrogens with two attached hydrogens (primary N) is 1. The second kappa shape index (κ2) is 8.43. The first-order valence-electron chi connectivity index (χ1n) is 6.34. The first kappa shape index (κ1) is 15.4. The van der Waals surface area contributed by atoms with E-state index in [4.69, 9.17) is 18.0 Å². The van der Waals surface area contributed by atoms with Gasteiger partial charge in [0.15, 0.2) is 0 Å². The Morgan fingerprint density at radius 1 is 1.32 bits per heavy atom. The number of rotatable bonds is 8. The van der Waals surface area contributed by atoms with Gasteiger partial charge in [-0.1, -0.05) is 48.6 Å². The van der Waals surface area contributed by atoms with E-state index >= 15 is 0 Å². The maximum Gasteiger partial charge on any atom is 0.223 e. The minimum Gasteiger partial charge on any atom is -0.393 e. The van der Waals surface area contributed by atoms with Gasteiger partial charge in [0.2, 0.25) is 5.91 Å². The van der Waals surface area contributed by atoms with Crippen LogP contribution in [-0.4, -0.2) is 28.9 Å². The molecule has 0 bridgehead atoms. The Kier molecular flexibility index (Phi) is 6.82. The lowest BCUT2D eigenvalue weighted by molar-refractivity contribution is -0.130. The maximum absolute atomic E-state index is 12.1. The van der Waals surface area contributed by atoms with Gasteiger partial charge >= 0.3 is 0 Å². The van der Waals surface area contributed by atoms with Gasteiger partial charge < -0.3 is 10.6 Å². The zero-order valence-electron chi connectivity index (χ0n) is 11.0. The van der Waals surface area contributed by atoms with E-state index in [0.717, 1.165) is 6.42 Å². The van der Waals surface area contributed by atoms with Crippen molar-refractivity contribution in [3.05, 3.63) is 48.6 Å². The molecular formula is C15H20N2OS. The van der Waals surface area contributed by atoms with Crippen LogP contribution in [0.5, 0.6) is 0 Å². The molecule has 0 spiro atoms. The standard InChI is InChI=1S/C15H20N2OS/c1-2-11-17(12-10-14(16)19)15(18)9-8-13-6-4-3-5-7-13/h2-7H,1,8-12H2,(H2,16,19). The fraction of sp³-hybridized carbons (Fsp3) is 0.333. The highest BCUT2D eigenvalue weighted by Crippen LogP contribution is 2.05. The van der Waals surface area contributed by atoms with Crippen LogP contribution in [0.4, 0.5) is 0 Å². The van der Waals surface area contributed by atoms with Crippen LogP contribution in [0, 0.1) is 0 Å². The summed E-state index contributed by atoms with van der Waals surface area (Å²) in [4.78, 5) is 14.3. The van der Waals surface area contributed by atoms with Gasteiger partial charge in [0.05, 0.1) is 4.99 Å². The van der Waals surface area contributed by atoms with Gasteiger partial charge in [-0.25, -0.2) is 0 Å². The van der Waals surface area contributed by atoms with Gasteiger partial charge in [0, 0.05) is 25.9 Å². The monoisotopic (exact) mass is 276 g/mol. The van der Waals surface area contributed by atoms with Gasteiger partial charge in [-0.3, -0.25) is 4.79 Å². The Bertz CT molecular complexity index is 431. The van der Waals surface area contributed by atoms with Crippen LogP contribution in [0.3, 0.4) is 0 Å². The highest BCUT2D eigenvalue weighted by Gasteiger charge is 2.12. The van der Waals surface area contributed by atoms with E-state index in [2.05, 4.69) is 6.58 Å². The molecule has 3 nitrogen and oxygen atoms in total. The van der Waals surface area contributed by atoms with Gasteiger partial charge in [-0.15, -0.1) is 6.58 Å². The first-order chi connectivity index (χ1) is 9.13. The normalized spacial score (nSPS) is 9.89. The van der Waals surface area contributed by atoms with E-state index < -0.39 is 0 Å². The number of aryl methyl sites for hydroxylation is 1. The molecule has 102 valence electrons. The summed E-state index contributed by atoms with van der Waals surface area (Å²) in [5.41, 5.74) is 6.64. The number of hydrogen-bond donors (Lipinski definition) is 1. The van der Waals surface area contributed by atoms with Crippen molar-refractivity contribution in [2.24, 2.45) is 5.73 Å². The second-order valence-corrected chi connectivity index (χ2v) is 4.85. The molecule has 0 aliphatic heterocycles. The molecule has 0 saturated carbocycles. The second-order valence-electron chi connectivity index (χ2n) is 4.33. The summed E-state index contributed by atoms with van der Waals surface area (Å²) < 4.78 is 0. The topological polar surface area (TPSA) is 46.3 Å². The van der Waals surface area contributed by atoms with Crippen molar-refractivity contribution in [1.29, 1.82) is 0 Å². The first-order valence-corrected chi connectivity index (χ1v) is 6.75. The number of amides is 1. The summed E-state index contributed by atoms with van der Waals surface area (Å²) in [7, 11) is 0. The summed E-state index contributed by atoms with van der Waals surface area (Å²) >= 11 is 4.84. The zero-order chi connectivity index (χ0) is 14.1. The van der Waals surface area contributed by atoms with Crippen molar-refractivity contribution in [1.82, 2.24) is 4.90 Å². The van der Waals surface area contributed by atoms with Gasteiger partial charge in [-0.05, 0) is 12.0 Å². The quantitative estimate of drug-likeness (QED) is 0.585. The number of benzene rings is 1. The van der Waals surface area contributed by atoms with Crippen molar-refractivity contribution in [2.45, 2.75) is 19.3 Å². The summed E-state index contributed by atoms with van der Waals surface area (Å²) in [5.74, 6) is 0.111. The van der Waals surface area contributed by atoms with E-state index in [1.54, 1.807) is 11.0 Å². The lowest BCUT2D eigenvalue weighted by atomic mass is 10.1. The van der Waals surface area contributed by atoms with Crippen LogP contribution in [0.15, 0.2) is 43.0 Å². The molecule has 0 aliphatic carbocycles. The van der Waals surface area contributed by atoms with Crippen LogP contribution in [-0.2, 0) is 11.2 Å². The zero-order valence-corrected chi connectivity index (χ0v) is 11.9. The molecule has 2 N–H and O–H groups in total. The number of hydrogen-bond acceptors (Lipinski definition) is 2. The summed E-state index contributed by atoms with van der Waals surface area (Å²) in [6.45, 7) is 4.77. The Morgan fingerprint density at radius 2 is 2.00 bits per heavy atom. The van der Waals surface area contributed by atoms with Crippen molar-refractivity contribution in [3.63, 3.8) is 0 Å². The Hall–Kier alpha value is -1.68. The van der Waals surface area contributed by atoms with Crippen molar-refractivity contribution >= 4 is 23.1 Å². The maximum atomic E-state index is 12.1. The molecular weight excluding hydrogens is 256 g/mol. The highest BCUT2D eigenvalue weighted by molar-refractivity contribution is 7.80. The Labute approximate surface area is 120 Å². The fourth-order valence-electron chi connectivity index (χ4n) is 1.77. The molecule has 0 heterocycles. The van der Waals surface area contributed by atoms with E-state index in [1.807, 2.05) is 30.3 Å². The largest absolute Gasteiger partial charge is 0.393 e.